The Kier molecular flexibility index (Phi) is 7.74. The van der Waals surface area contributed by atoms with E-state index in [1.807, 2.05) is 45.9 Å². The minimum absolute atomic E-state index is 0.327. The summed E-state index contributed by atoms with van der Waals surface area (Å²) in [6.07, 6.45) is 0.602. The van der Waals surface area contributed by atoms with Gasteiger partial charge in [-0.05, 0) is 43.9 Å². The zero-order valence-corrected chi connectivity index (χ0v) is 13.9. The van der Waals surface area contributed by atoms with Crippen LogP contribution < -0.4 is 14.8 Å². The van der Waals surface area contributed by atoms with Gasteiger partial charge in [0.1, 0.15) is 6.04 Å². The molecule has 22 heavy (non-hydrogen) atoms. The third-order valence-electron chi connectivity index (χ3n) is 3.17. The minimum Gasteiger partial charge on any atom is -0.490 e. The number of carboxylic acids is 1. The van der Waals surface area contributed by atoms with Crippen LogP contribution in [0.3, 0.4) is 0 Å². The highest BCUT2D eigenvalue weighted by molar-refractivity contribution is 5.73. The summed E-state index contributed by atoms with van der Waals surface area (Å²) in [5.74, 6) is 0.919. The van der Waals surface area contributed by atoms with Crippen molar-refractivity contribution in [3.05, 3.63) is 23.8 Å². The Bertz CT molecular complexity index is 474. The molecule has 0 aliphatic heterocycles. The summed E-state index contributed by atoms with van der Waals surface area (Å²) >= 11 is 0. The summed E-state index contributed by atoms with van der Waals surface area (Å²) in [6, 6.07) is 5.15. The van der Waals surface area contributed by atoms with Crippen LogP contribution in [0.15, 0.2) is 18.2 Å². The van der Waals surface area contributed by atoms with Crippen molar-refractivity contribution in [3.8, 4) is 11.5 Å². The molecule has 0 radical (unpaired) electrons. The third kappa shape index (κ3) is 5.93. The first-order valence-electron chi connectivity index (χ1n) is 7.82. The minimum atomic E-state index is -0.815. The summed E-state index contributed by atoms with van der Waals surface area (Å²) in [5, 5.41) is 12.3. The number of benzene rings is 1. The van der Waals surface area contributed by atoms with Crippen molar-refractivity contribution < 1.29 is 19.4 Å². The topological polar surface area (TPSA) is 67.8 Å². The van der Waals surface area contributed by atoms with E-state index in [1.165, 1.54) is 0 Å². The number of nitrogens with one attached hydrogen (secondary N) is 1. The van der Waals surface area contributed by atoms with Gasteiger partial charge in [-0.15, -0.1) is 0 Å². The first kappa shape index (κ1) is 18.3. The normalized spacial score (nSPS) is 12.2. The van der Waals surface area contributed by atoms with Gasteiger partial charge in [-0.2, -0.15) is 0 Å². The van der Waals surface area contributed by atoms with Crippen molar-refractivity contribution >= 4 is 5.97 Å². The maximum Gasteiger partial charge on any atom is 0.320 e. The fourth-order valence-corrected chi connectivity index (χ4v) is 2.19. The molecule has 0 aliphatic carbocycles. The summed E-state index contributed by atoms with van der Waals surface area (Å²) in [7, 11) is 0. The number of carbonyl (C=O) groups is 1. The highest BCUT2D eigenvalue weighted by Gasteiger charge is 2.18. The number of hydrogen-bond acceptors (Lipinski definition) is 4. The number of ether oxygens (including phenoxy) is 2. The number of rotatable bonds is 10. The third-order valence-corrected chi connectivity index (χ3v) is 3.17. The molecular formula is C17H27NO4. The van der Waals surface area contributed by atoms with Crippen LogP contribution in [0.2, 0.25) is 0 Å². The average molecular weight is 309 g/mol. The molecule has 0 saturated carbocycles. The van der Waals surface area contributed by atoms with Crippen molar-refractivity contribution in [1.82, 2.24) is 5.32 Å². The Balaban J connectivity index is 2.75. The SMILES string of the molecule is CCOc1ccc(CN[C@H](CC(C)C)C(=O)O)cc1OCC. The molecule has 0 bridgehead atoms. The van der Waals surface area contributed by atoms with Crippen molar-refractivity contribution in [2.75, 3.05) is 13.2 Å². The molecule has 1 atom stereocenters. The lowest BCUT2D eigenvalue weighted by Gasteiger charge is -2.17. The molecule has 2 N–H and O–H groups in total. The van der Waals surface area contributed by atoms with E-state index < -0.39 is 12.0 Å². The fourth-order valence-electron chi connectivity index (χ4n) is 2.19. The van der Waals surface area contributed by atoms with E-state index in [-0.39, 0.29) is 0 Å². The van der Waals surface area contributed by atoms with Gasteiger partial charge in [-0.3, -0.25) is 4.79 Å². The molecule has 0 heterocycles. The number of carboxylic acid groups (broad SMARTS) is 1. The second-order valence-corrected chi connectivity index (χ2v) is 5.55. The van der Waals surface area contributed by atoms with Crippen LogP contribution in [0.1, 0.15) is 39.7 Å². The molecule has 5 heteroatoms. The summed E-state index contributed by atoms with van der Waals surface area (Å²) in [6.45, 7) is 9.49. The predicted octanol–water partition coefficient (Wildman–Crippen LogP) is 3.07. The van der Waals surface area contributed by atoms with Crippen molar-refractivity contribution in [2.45, 2.75) is 46.7 Å². The van der Waals surface area contributed by atoms with E-state index in [0.29, 0.717) is 43.6 Å². The van der Waals surface area contributed by atoms with Gasteiger partial charge in [0.2, 0.25) is 0 Å². The fraction of sp³-hybridized carbons (Fsp3) is 0.588. The summed E-state index contributed by atoms with van der Waals surface area (Å²) in [5.41, 5.74) is 0.974. The van der Waals surface area contributed by atoms with E-state index in [9.17, 15) is 9.90 Å². The monoisotopic (exact) mass is 309 g/mol. The highest BCUT2D eigenvalue weighted by Crippen LogP contribution is 2.28. The Morgan fingerprint density at radius 2 is 1.82 bits per heavy atom. The zero-order valence-electron chi connectivity index (χ0n) is 13.9. The van der Waals surface area contributed by atoms with Gasteiger partial charge in [0.15, 0.2) is 11.5 Å². The molecule has 0 saturated heterocycles. The Morgan fingerprint density at radius 1 is 1.18 bits per heavy atom. The smallest absolute Gasteiger partial charge is 0.320 e. The maximum atomic E-state index is 11.3. The van der Waals surface area contributed by atoms with E-state index in [4.69, 9.17) is 9.47 Å². The summed E-state index contributed by atoms with van der Waals surface area (Å²) < 4.78 is 11.1. The van der Waals surface area contributed by atoms with Crippen LogP contribution >= 0.6 is 0 Å². The van der Waals surface area contributed by atoms with Crippen LogP contribution in [0, 0.1) is 5.92 Å². The molecule has 0 amide bonds. The van der Waals surface area contributed by atoms with Crippen LogP contribution in [-0.4, -0.2) is 30.3 Å². The molecular weight excluding hydrogens is 282 g/mol. The van der Waals surface area contributed by atoms with Crippen LogP contribution in [-0.2, 0) is 11.3 Å². The molecule has 0 spiro atoms. The number of aliphatic carboxylic acids is 1. The first-order chi connectivity index (χ1) is 10.5. The molecule has 0 unspecified atom stereocenters. The molecule has 1 aromatic rings. The number of hydrogen-bond donors (Lipinski definition) is 2. The molecule has 0 fully saturated rings. The van der Waals surface area contributed by atoms with Gasteiger partial charge in [0, 0.05) is 6.54 Å². The zero-order chi connectivity index (χ0) is 16.5. The Hall–Kier alpha value is -1.75. The second kappa shape index (κ2) is 9.30. The van der Waals surface area contributed by atoms with E-state index in [1.54, 1.807) is 0 Å². The lowest BCUT2D eigenvalue weighted by Crippen LogP contribution is -2.37. The van der Waals surface area contributed by atoms with Crippen LogP contribution in [0.4, 0.5) is 0 Å². The van der Waals surface area contributed by atoms with Gasteiger partial charge >= 0.3 is 5.97 Å². The lowest BCUT2D eigenvalue weighted by molar-refractivity contribution is -0.140. The van der Waals surface area contributed by atoms with E-state index in [2.05, 4.69) is 5.32 Å². The van der Waals surface area contributed by atoms with E-state index in [0.717, 1.165) is 5.56 Å². The molecule has 0 aliphatic rings. The molecule has 124 valence electrons. The average Bonchev–Trinajstić information content (AvgIpc) is 2.45. The molecule has 1 rings (SSSR count). The maximum absolute atomic E-state index is 11.3. The molecule has 1 aromatic carbocycles. The largest absolute Gasteiger partial charge is 0.490 e. The standard InChI is InChI=1S/C17H27NO4/c1-5-21-15-8-7-13(10-16(15)22-6-2)11-18-14(17(19)20)9-12(3)4/h7-8,10,12,14,18H,5-6,9,11H2,1-4H3,(H,19,20)/t14-/m1/s1. The highest BCUT2D eigenvalue weighted by atomic mass is 16.5. The lowest BCUT2D eigenvalue weighted by atomic mass is 10.0. The van der Waals surface area contributed by atoms with Gasteiger partial charge in [0.05, 0.1) is 13.2 Å². The second-order valence-electron chi connectivity index (χ2n) is 5.55. The van der Waals surface area contributed by atoms with Gasteiger partial charge in [-0.25, -0.2) is 0 Å². The van der Waals surface area contributed by atoms with Gasteiger partial charge < -0.3 is 19.9 Å². The van der Waals surface area contributed by atoms with Gasteiger partial charge in [0.25, 0.3) is 0 Å². The predicted molar refractivity (Wildman–Crippen MR) is 86.5 cm³/mol. The summed E-state index contributed by atoms with van der Waals surface area (Å²) in [4.78, 5) is 11.3. The Morgan fingerprint density at radius 3 is 2.36 bits per heavy atom. The molecule has 5 nitrogen and oxygen atoms in total. The van der Waals surface area contributed by atoms with Gasteiger partial charge in [-0.1, -0.05) is 19.9 Å². The van der Waals surface area contributed by atoms with Crippen LogP contribution in [0.5, 0.6) is 11.5 Å². The first-order valence-corrected chi connectivity index (χ1v) is 7.82. The van der Waals surface area contributed by atoms with Crippen molar-refractivity contribution in [3.63, 3.8) is 0 Å². The van der Waals surface area contributed by atoms with Crippen LogP contribution in [0.25, 0.3) is 0 Å². The molecule has 0 aromatic heterocycles. The Labute approximate surface area is 132 Å². The van der Waals surface area contributed by atoms with Crippen molar-refractivity contribution in [1.29, 1.82) is 0 Å². The van der Waals surface area contributed by atoms with E-state index >= 15 is 0 Å². The quantitative estimate of drug-likeness (QED) is 0.695. The van der Waals surface area contributed by atoms with Crippen molar-refractivity contribution in [2.24, 2.45) is 5.92 Å².